The lowest BCUT2D eigenvalue weighted by Crippen LogP contribution is -2.47. The number of nitrogens with one attached hydrogen (secondary N) is 2. The van der Waals surface area contributed by atoms with Crippen molar-refractivity contribution in [1.29, 1.82) is 0 Å². The molecule has 1 saturated heterocycles. The Bertz CT molecular complexity index is 339. The number of carbonyl (C=O) groups excluding carboxylic acids is 1. The van der Waals surface area contributed by atoms with Crippen LogP contribution in [-0.4, -0.2) is 35.7 Å². The highest BCUT2D eigenvalue weighted by Crippen LogP contribution is 2.49. The van der Waals surface area contributed by atoms with Crippen molar-refractivity contribution < 1.29 is 9.90 Å². The normalized spacial score (nSPS) is 41.9. The summed E-state index contributed by atoms with van der Waals surface area (Å²) in [7, 11) is 0. The first-order valence-corrected chi connectivity index (χ1v) is 7.35. The van der Waals surface area contributed by atoms with Gasteiger partial charge in [0.15, 0.2) is 0 Å². The lowest BCUT2D eigenvalue weighted by Gasteiger charge is -2.29. The van der Waals surface area contributed by atoms with Gasteiger partial charge < -0.3 is 15.7 Å². The van der Waals surface area contributed by atoms with Crippen molar-refractivity contribution in [3.05, 3.63) is 0 Å². The maximum Gasteiger partial charge on any atom is 0.237 e. The maximum atomic E-state index is 12.1. The molecule has 5 heteroatoms. The molecule has 3 aliphatic rings. The van der Waals surface area contributed by atoms with E-state index in [0.29, 0.717) is 18.9 Å². The molecule has 2 aliphatic carbocycles. The summed E-state index contributed by atoms with van der Waals surface area (Å²) in [5.74, 6) is 2.51. The number of aliphatic hydroxyl groups excluding tert-OH is 1. The van der Waals surface area contributed by atoms with Gasteiger partial charge in [-0.05, 0) is 50.4 Å². The maximum absolute atomic E-state index is 12.1. The zero-order valence-corrected chi connectivity index (χ0v) is 12.3. The largest absolute Gasteiger partial charge is 0.392 e. The van der Waals surface area contributed by atoms with Gasteiger partial charge in [-0.15, -0.1) is 12.4 Å². The fourth-order valence-corrected chi connectivity index (χ4v) is 4.26. The van der Waals surface area contributed by atoms with E-state index in [0.717, 1.165) is 11.8 Å². The van der Waals surface area contributed by atoms with Crippen LogP contribution in [0.1, 0.15) is 39.0 Å². The van der Waals surface area contributed by atoms with Gasteiger partial charge in [0.1, 0.15) is 0 Å². The van der Waals surface area contributed by atoms with Crippen molar-refractivity contribution in [2.45, 2.75) is 57.2 Å². The average Bonchev–Trinajstić information content (AvgIpc) is 3.03. The molecule has 1 aliphatic heterocycles. The van der Waals surface area contributed by atoms with Crippen LogP contribution in [0.3, 0.4) is 0 Å². The van der Waals surface area contributed by atoms with Crippen LogP contribution >= 0.6 is 12.4 Å². The van der Waals surface area contributed by atoms with Crippen LogP contribution in [0.25, 0.3) is 0 Å². The number of fused-ring (bicyclic) bond motifs is 2. The third-order valence-electron chi connectivity index (χ3n) is 5.23. The van der Waals surface area contributed by atoms with Crippen molar-refractivity contribution in [1.82, 2.24) is 10.6 Å². The van der Waals surface area contributed by atoms with E-state index in [1.165, 1.54) is 25.7 Å². The third-order valence-corrected chi connectivity index (χ3v) is 5.23. The molecule has 4 nitrogen and oxygen atoms in total. The first kappa shape index (κ1) is 15.1. The van der Waals surface area contributed by atoms with Gasteiger partial charge in [0.05, 0.1) is 12.1 Å². The monoisotopic (exact) mass is 288 g/mol. The first-order valence-electron chi connectivity index (χ1n) is 7.35. The van der Waals surface area contributed by atoms with E-state index in [1.807, 2.05) is 0 Å². The van der Waals surface area contributed by atoms with Gasteiger partial charge in [-0.3, -0.25) is 4.79 Å². The van der Waals surface area contributed by atoms with E-state index < -0.39 is 0 Å². The summed E-state index contributed by atoms with van der Waals surface area (Å²) in [5, 5.41) is 15.7. The molecule has 2 bridgehead atoms. The lowest BCUT2D eigenvalue weighted by molar-refractivity contribution is -0.124. The Morgan fingerprint density at radius 2 is 2.11 bits per heavy atom. The Balaban J connectivity index is 0.00000133. The topological polar surface area (TPSA) is 61.4 Å². The van der Waals surface area contributed by atoms with Crippen LogP contribution in [0.5, 0.6) is 0 Å². The number of hydrogen-bond donors (Lipinski definition) is 3. The molecule has 3 N–H and O–H groups in total. The molecular weight excluding hydrogens is 264 g/mol. The lowest BCUT2D eigenvalue weighted by atomic mass is 9.84. The summed E-state index contributed by atoms with van der Waals surface area (Å²) in [6.07, 6.45) is 5.63. The van der Waals surface area contributed by atoms with Gasteiger partial charge in [-0.2, -0.15) is 0 Å². The number of hydrogen-bond acceptors (Lipinski definition) is 3. The zero-order chi connectivity index (χ0) is 12.7. The third kappa shape index (κ3) is 3.06. The highest BCUT2D eigenvalue weighted by molar-refractivity contribution is 5.85. The number of β-amino-alcohol motifs (C(OH)–C–C–N with tert-alkyl or cyclic N) is 1. The summed E-state index contributed by atoms with van der Waals surface area (Å²) in [6.45, 7) is 2.69. The van der Waals surface area contributed by atoms with Gasteiger partial charge in [-0.1, -0.05) is 6.42 Å². The van der Waals surface area contributed by atoms with E-state index in [2.05, 4.69) is 17.6 Å². The Morgan fingerprint density at radius 1 is 1.32 bits per heavy atom. The van der Waals surface area contributed by atoms with Crippen LogP contribution in [0.2, 0.25) is 0 Å². The molecule has 1 amide bonds. The van der Waals surface area contributed by atoms with Crippen LogP contribution < -0.4 is 10.6 Å². The smallest absolute Gasteiger partial charge is 0.237 e. The molecule has 3 rings (SSSR count). The minimum atomic E-state index is -0.362. The number of rotatable bonds is 3. The molecule has 0 aromatic carbocycles. The number of amides is 1. The average molecular weight is 289 g/mol. The minimum absolute atomic E-state index is 0. The molecule has 3 fully saturated rings. The Kier molecular flexibility index (Phi) is 4.75. The van der Waals surface area contributed by atoms with Crippen LogP contribution in [0, 0.1) is 17.8 Å². The SMILES string of the molecule is CC(NC(=O)C1CC(O)CN1)C1CC2CCC1C2.Cl. The molecule has 110 valence electrons. The predicted molar refractivity (Wildman–Crippen MR) is 76.2 cm³/mol. The summed E-state index contributed by atoms with van der Waals surface area (Å²) in [4.78, 5) is 12.1. The standard InChI is InChI=1S/C14H24N2O2.ClH/c1-8(12-5-9-2-3-10(12)4-9)16-14(18)13-6-11(17)7-15-13;/h8-13,15,17H,2-7H2,1H3,(H,16,18);1H. The minimum Gasteiger partial charge on any atom is -0.392 e. The first-order chi connectivity index (χ1) is 8.63. The van der Waals surface area contributed by atoms with E-state index in [1.54, 1.807) is 0 Å². The van der Waals surface area contributed by atoms with Gasteiger partial charge in [-0.25, -0.2) is 0 Å². The fraction of sp³-hybridized carbons (Fsp3) is 0.929. The van der Waals surface area contributed by atoms with Crippen molar-refractivity contribution in [3.8, 4) is 0 Å². The van der Waals surface area contributed by atoms with Gasteiger partial charge >= 0.3 is 0 Å². The van der Waals surface area contributed by atoms with E-state index in [4.69, 9.17) is 0 Å². The van der Waals surface area contributed by atoms with E-state index >= 15 is 0 Å². The molecular formula is C14H25ClN2O2. The number of halogens is 1. The number of aliphatic hydroxyl groups is 1. The molecule has 0 aromatic rings. The van der Waals surface area contributed by atoms with Gasteiger partial charge in [0.2, 0.25) is 5.91 Å². The second kappa shape index (κ2) is 5.98. The molecule has 6 atom stereocenters. The van der Waals surface area contributed by atoms with Crippen LogP contribution in [-0.2, 0) is 4.79 Å². The number of carbonyl (C=O) groups is 1. The molecule has 6 unspecified atom stereocenters. The Morgan fingerprint density at radius 3 is 2.63 bits per heavy atom. The zero-order valence-electron chi connectivity index (χ0n) is 11.5. The molecule has 0 radical (unpaired) electrons. The summed E-state index contributed by atoms with van der Waals surface area (Å²) in [5.41, 5.74) is 0. The van der Waals surface area contributed by atoms with Crippen LogP contribution in [0.4, 0.5) is 0 Å². The Labute approximate surface area is 121 Å². The van der Waals surface area contributed by atoms with Crippen molar-refractivity contribution in [2.75, 3.05) is 6.54 Å². The fourth-order valence-electron chi connectivity index (χ4n) is 4.26. The summed E-state index contributed by atoms with van der Waals surface area (Å²) >= 11 is 0. The molecule has 19 heavy (non-hydrogen) atoms. The van der Waals surface area contributed by atoms with Crippen molar-refractivity contribution >= 4 is 18.3 Å². The van der Waals surface area contributed by atoms with Crippen LogP contribution in [0.15, 0.2) is 0 Å². The molecule has 1 heterocycles. The molecule has 0 spiro atoms. The highest BCUT2D eigenvalue weighted by Gasteiger charge is 2.42. The predicted octanol–water partition coefficient (Wildman–Crippen LogP) is 1.07. The van der Waals surface area contributed by atoms with Gasteiger partial charge in [0.25, 0.3) is 0 Å². The second-order valence-electron chi connectivity index (χ2n) is 6.49. The van der Waals surface area contributed by atoms with E-state index in [-0.39, 0.29) is 36.5 Å². The molecule has 2 saturated carbocycles. The Hall–Kier alpha value is -0.320. The summed E-state index contributed by atoms with van der Waals surface area (Å²) < 4.78 is 0. The van der Waals surface area contributed by atoms with Crippen molar-refractivity contribution in [2.24, 2.45) is 17.8 Å². The van der Waals surface area contributed by atoms with Crippen molar-refractivity contribution in [3.63, 3.8) is 0 Å². The van der Waals surface area contributed by atoms with Gasteiger partial charge in [0, 0.05) is 12.6 Å². The summed E-state index contributed by atoms with van der Waals surface area (Å²) in [6, 6.07) is 0.0911. The van der Waals surface area contributed by atoms with E-state index in [9.17, 15) is 9.90 Å². The molecule has 0 aromatic heterocycles. The quantitative estimate of drug-likeness (QED) is 0.728. The second-order valence-corrected chi connectivity index (χ2v) is 6.49. The highest BCUT2D eigenvalue weighted by atomic mass is 35.5.